The molecule has 2 N–H and O–H groups in total. The SMILES string of the molecule is CCCCCN1C[C@H](C(=O)OC(C)(C)C)[C@H](NC(=O)Nc2ccc(Cl)c(Cl)c2)C1=O. The zero-order chi connectivity index (χ0) is 22.5. The molecular weight excluding hydrogens is 429 g/mol. The van der Waals surface area contributed by atoms with Gasteiger partial charge in [-0.15, -0.1) is 0 Å². The van der Waals surface area contributed by atoms with Crippen LogP contribution in [0.15, 0.2) is 18.2 Å². The van der Waals surface area contributed by atoms with Crippen molar-refractivity contribution in [3.63, 3.8) is 0 Å². The van der Waals surface area contributed by atoms with E-state index in [0.717, 1.165) is 19.3 Å². The summed E-state index contributed by atoms with van der Waals surface area (Å²) in [5.74, 6) is -1.57. The van der Waals surface area contributed by atoms with Crippen molar-refractivity contribution in [2.24, 2.45) is 5.92 Å². The standard InChI is InChI=1S/C21H29Cl2N3O4/c1-5-6-7-10-26-12-14(19(28)30-21(2,3)4)17(18(26)27)25-20(29)24-13-8-9-15(22)16(23)11-13/h8-9,11,14,17H,5-7,10,12H2,1-4H3,(H2,24,25,29)/t14-,17-/m0/s1. The average molecular weight is 458 g/mol. The number of ether oxygens (including phenoxy) is 1. The van der Waals surface area contributed by atoms with Gasteiger partial charge in [0.25, 0.3) is 0 Å². The van der Waals surface area contributed by atoms with E-state index in [2.05, 4.69) is 17.6 Å². The smallest absolute Gasteiger partial charge is 0.319 e. The van der Waals surface area contributed by atoms with Gasteiger partial charge in [-0.3, -0.25) is 9.59 Å². The van der Waals surface area contributed by atoms with Crippen molar-refractivity contribution in [2.75, 3.05) is 18.4 Å². The Morgan fingerprint density at radius 2 is 1.90 bits per heavy atom. The molecule has 1 heterocycles. The van der Waals surface area contributed by atoms with E-state index in [4.69, 9.17) is 27.9 Å². The highest BCUT2D eigenvalue weighted by Gasteiger charge is 2.46. The molecule has 2 rings (SSSR count). The van der Waals surface area contributed by atoms with Gasteiger partial charge in [0.2, 0.25) is 5.91 Å². The third-order valence-electron chi connectivity index (χ3n) is 4.60. The van der Waals surface area contributed by atoms with Crippen LogP contribution in [0.25, 0.3) is 0 Å². The minimum absolute atomic E-state index is 0.217. The molecule has 2 atom stereocenters. The summed E-state index contributed by atoms with van der Waals surface area (Å²) in [7, 11) is 0. The number of carbonyl (C=O) groups is 3. The summed E-state index contributed by atoms with van der Waals surface area (Å²) in [6, 6.07) is 3.04. The molecule has 0 saturated carbocycles. The number of nitrogens with one attached hydrogen (secondary N) is 2. The van der Waals surface area contributed by atoms with E-state index >= 15 is 0 Å². The van der Waals surface area contributed by atoms with Gasteiger partial charge >= 0.3 is 12.0 Å². The number of likely N-dealkylation sites (tertiary alicyclic amines) is 1. The van der Waals surface area contributed by atoms with Crippen LogP contribution >= 0.6 is 23.2 Å². The topological polar surface area (TPSA) is 87.7 Å². The van der Waals surface area contributed by atoms with Gasteiger partial charge in [0.15, 0.2) is 0 Å². The molecule has 0 unspecified atom stereocenters. The summed E-state index contributed by atoms with van der Waals surface area (Å²) in [5.41, 5.74) is -0.274. The molecule has 1 aromatic rings. The number of anilines is 1. The second kappa shape index (κ2) is 10.4. The maximum Gasteiger partial charge on any atom is 0.319 e. The number of hydrogen-bond acceptors (Lipinski definition) is 4. The second-order valence-electron chi connectivity index (χ2n) is 8.34. The molecule has 0 spiro atoms. The van der Waals surface area contributed by atoms with E-state index < -0.39 is 29.6 Å². The Balaban J connectivity index is 2.12. The van der Waals surface area contributed by atoms with Crippen LogP contribution in [0.5, 0.6) is 0 Å². The molecule has 0 aromatic heterocycles. The first-order valence-electron chi connectivity index (χ1n) is 10.1. The summed E-state index contributed by atoms with van der Waals surface area (Å²) in [5, 5.41) is 5.90. The molecule has 1 aliphatic rings. The third kappa shape index (κ3) is 6.77. The largest absolute Gasteiger partial charge is 0.460 e. The fourth-order valence-corrected chi connectivity index (χ4v) is 3.49. The van der Waals surface area contributed by atoms with E-state index in [-0.39, 0.29) is 12.5 Å². The Labute approximate surface area is 187 Å². The molecule has 0 aliphatic carbocycles. The van der Waals surface area contributed by atoms with Gasteiger partial charge in [-0.25, -0.2) is 4.79 Å². The zero-order valence-electron chi connectivity index (χ0n) is 17.8. The zero-order valence-corrected chi connectivity index (χ0v) is 19.3. The second-order valence-corrected chi connectivity index (χ2v) is 9.15. The minimum atomic E-state index is -0.996. The van der Waals surface area contributed by atoms with Gasteiger partial charge in [0.1, 0.15) is 17.6 Å². The third-order valence-corrected chi connectivity index (χ3v) is 5.34. The van der Waals surface area contributed by atoms with Crippen molar-refractivity contribution in [3.05, 3.63) is 28.2 Å². The van der Waals surface area contributed by atoms with E-state index in [9.17, 15) is 14.4 Å². The fraction of sp³-hybridized carbons (Fsp3) is 0.571. The first kappa shape index (κ1) is 24.3. The van der Waals surface area contributed by atoms with Crippen LogP contribution in [0.2, 0.25) is 10.0 Å². The van der Waals surface area contributed by atoms with Gasteiger partial charge in [-0.1, -0.05) is 43.0 Å². The summed E-state index contributed by atoms with van der Waals surface area (Å²) in [6.07, 6.45) is 2.84. The van der Waals surface area contributed by atoms with Crippen LogP contribution in [-0.2, 0) is 14.3 Å². The van der Waals surface area contributed by atoms with E-state index in [1.165, 1.54) is 6.07 Å². The lowest BCUT2D eigenvalue weighted by molar-refractivity contribution is -0.160. The molecule has 1 aromatic carbocycles. The van der Waals surface area contributed by atoms with Gasteiger partial charge in [0.05, 0.1) is 10.0 Å². The predicted octanol–water partition coefficient (Wildman–Crippen LogP) is 4.47. The number of unbranched alkanes of at least 4 members (excludes halogenated alkanes) is 2. The monoisotopic (exact) mass is 457 g/mol. The van der Waals surface area contributed by atoms with Crippen LogP contribution in [0.1, 0.15) is 47.0 Å². The number of rotatable bonds is 7. The van der Waals surface area contributed by atoms with Crippen molar-refractivity contribution in [3.8, 4) is 0 Å². The molecule has 3 amide bonds. The Hall–Kier alpha value is -1.99. The molecule has 30 heavy (non-hydrogen) atoms. The van der Waals surface area contributed by atoms with Gasteiger partial charge in [-0.05, 0) is 45.4 Å². The highest BCUT2D eigenvalue weighted by molar-refractivity contribution is 6.42. The van der Waals surface area contributed by atoms with Crippen LogP contribution in [-0.4, -0.2) is 47.5 Å². The van der Waals surface area contributed by atoms with Crippen molar-refractivity contribution < 1.29 is 19.1 Å². The van der Waals surface area contributed by atoms with Crippen LogP contribution in [0.3, 0.4) is 0 Å². The number of urea groups is 1. The Morgan fingerprint density at radius 3 is 2.50 bits per heavy atom. The average Bonchev–Trinajstić information content (AvgIpc) is 2.93. The Morgan fingerprint density at radius 1 is 1.20 bits per heavy atom. The van der Waals surface area contributed by atoms with Crippen molar-refractivity contribution in [1.29, 1.82) is 0 Å². The number of esters is 1. The lowest BCUT2D eigenvalue weighted by Gasteiger charge is -2.24. The van der Waals surface area contributed by atoms with Gasteiger partial charge in [0, 0.05) is 18.8 Å². The molecule has 0 bridgehead atoms. The molecule has 1 fully saturated rings. The first-order chi connectivity index (χ1) is 14.0. The highest BCUT2D eigenvalue weighted by atomic mass is 35.5. The molecule has 1 saturated heterocycles. The molecule has 0 radical (unpaired) electrons. The maximum absolute atomic E-state index is 12.9. The number of benzene rings is 1. The molecule has 9 heteroatoms. The van der Waals surface area contributed by atoms with Crippen molar-refractivity contribution >= 4 is 46.8 Å². The number of halogens is 2. The van der Waals surface area contributed by atoms with Crippen molar-refractivity contribution in [1.82, 2.24) is 10.2 Å². The number of nitrogens with zero attached hydrogens (tertiary/aromatic N) is 1. The lowest BCUT2D eigenvalue weighted by atomic mass is 10.0. The van der Waals surface area contributed by atoms with Crippen LogP contribution < -0.4 is 10.6 Å². The normalized spacial score (nSPS) is 19.0. The highest BCUT2D eigenvalue weighted by Crippen LogP contribution is 2.26. The number of carbonyl (C=O) groups excluding carboxylic acids is 3. The molecular formula is C21H29Cl2N3O4. The summed E-state index contributed by atoms with van der Waals surface area (Å²) in [4.78, 5) is 39.7. The predicted molar refractivity (Wildman–Crippen MR) is 118 cm³/mol. The lowest BCUT2D eigenvalue weighted by Crippen LogP contribution is -2.48. The summed E-state index contributed by atoms with van der Waals surface area (Å²) >= 11 is 11.9. The quantitative estimate of drug-likeness (QED) is 0.466. The summed E-state index contributed by atoms with van der Waals surface area (Å²) in [6.45, 7) is 8.13. The molecule has 166 valence electrons. The molecule has 7 nitrogen and oxygen atoms in total. The van der Waals surface area contributed by atoms with Gasteiger partial charge < -0.3 is 20.3 Å². The van der Waals surface area contributed by atoms with Crippen LogP contribution in [0.4, 0.5) is 10.5 Å². The van der Waals surface area contributed by atoms with Crippen molar-refractivity contribution in [2.45, 2.75) is 58.6 Å². The number of amides is 3. The maximum atomic E-state index is 12.9. The van der Waals surface area contributed by atoms with Crippen LogP contribution in [0, 0.1) is 5.92 Å². The van der Waals surface area contributed by atoms with E-state index in [0.29, 0.717) is 22.3 Å². The minimum Gasteiger partial charge on any atom is -0.460 e. The van der Waals surface area contributed by atoms with E-state index in [1.54, 1.807) is 37.8 Å². The van der Waals surface area contributed by atoms with E-state index in [1.807, 2.05) is 0 Å². The Kier molecular flexibility index (Phi) is 8.38. The van der Waals surface area contributed by atoms with Gasteiger partial charge in [-0.2, -0.15) is 0 Å². The Bertz CT molecular complexity index is 795. The molecule has 1 aliphatic heterocycles. The summed E-state index contributed by atoms with van der Waals surface area (Å²) < 4.78 is 5.48. The number of hydrogen-bond donors (Lipinski definition) is 2. The fourth-order valence-electron chi connectivity index (χ4n) is 3.19. The first-order valence-corrected chi connectivity index (χ1v) is 10.8.